The number of benzene rings is 1. The van der Waals surface area contributed by atoms with E-state index in [-0.39, 0.29) is 18.5 Å². The molecule has 0 N–H and O–H groups in total. The van der Waals surface area contributed by atoms with Crippen LogP contribution < -0.4 is 4.74 Å². The van der Waals surface area contributed by atoms with Gasteiger partial charge in [0.15, 0.2) is 5.78 Å². The van der Waals surface area contributed by atoms with Crippen molar-refractivity contribution in [3.8, 4) is 5.75 Å². The van der Waals surface area contributed by atoms with E-state index >= 15 is 0 Å². The Balaban J connectivity index is 1.88. The molecule has 2 unspecified atom stereocenters. The van der Waals surface area contributed by atoms with Gasteiger partial charge in [0, 0.05) is 5.56 Å². The number of methoxy groups -OCH3 is 1. The number of carbonyl (C=O) groups is 1. The van der Waals surface area contributed by atoms with Crippen LogP contribution in [0, 0.1) is 11.3 Å². The molecule has 21 heavy (non-hydrogen) atoms. The Morgan fingerprint density at radius 2 is 1.90 bits per heavy atom. The summed E-state index contributed by atoms with van der Waals surface area (Å²) in [6, 6.07) is 7.19. The molecule has 1 aromatic rings. The summed E-state index contributed by atoms with van der Waals surface area (Å²) in [5, 5.41) is 0. The lowest BCUT2D eigenvalue weighted by Crippen LogP contribution is -2.33. The first kappa shape index (κ1) is 16.0. The third-order valence-corrected chi connectivity index (χ3v) is 4.21. The fourth-order valence-corrected chi connectivity index (χ4v) is 3.44. The molecule has 0 heterocycles. The average Bonchev–Trinajstić information content (AvgIpc) is 2.43. The minimum Gasteiger partial charge on any atom is -0.497 e. The quantitative estimate of drug-likeness (QED) is 0.766. The molecule has 1 aliphatic carbocycles. The van der Waals surface area contributed by atoms with E-state index in [0.29, 0.717) is 16.9 Å². The Labute approximate surface area is 127 Å². The minimum absolute atomic E-state index is 0.0358. The van der Waals surface area contributed by atoms with E-state index in [9.17, 15) is 4.79 Å². The number of hydrogen-bond acceptors (Lipinski definition) is 3. The summed E-state index contributed by atoms with van der Waals surface area (Å²) >= 11 is 0. The van der Waals surface area contributed by atoms with E-state index in [0.717, 1.165) is 18.6 Å². The zero-order valence-corrected chi connectivity index (χ0v) is 13.5. The number of Topliss-reactive ketones (excluding diaryl/α,β-unsaturated/α-hetero) is 1. The van der Waals surface area contributed by atoms with Crippen molar-refractivity contribution in [3.05, 3.63) is 29.8 Å². The Kier molecular flexibility index (Phi) is 5.04. The molecular formula is C18H26O3. The highest BCUT2D eigenvalue weighted by molar-refractivity contribution is 5.97. The number of ether oxygens (including phenoxy) is 2. The average molecular weight is 290 g/mol. The van der Waals surface area contributed by atoms with Gasteiger partial charge in [-0.1, -0.05) is 20.8 Å². The van der Waals surface area contributed by atoms with Crippen molar-refractivity contribution in [1.29, 1.82) is 0 Å². The molecule has 1 fully saturated rings. The van der Waals surface area contributed by atoms with Crippen LogP contribution >= 0.6 is 0 Å². The van der Waals surface area contributed by atoms with E-state index in [2.05, 4.69) is 20.8 Å². The molecule has 0 aromatic heterocycles. The van der Waals surface area contributed by atoms with Crippen LogP contribution in [0.3, 0.4) is 0 Å². The third-order valence-electron chi connectivity index (χ3n) is 4.21. The molecular weight excluding hydrogens is 264 g/mol. The summed E-state index contributed by atoms with van der Waals surface area (Å²) in [5.74, 6) is 1.46. The van der Waals surface area contributed by atoms with Gasteiger partial charge in [0.1, 0.15) is 12.4 Å². The lowest BCUT2D eigenvalue weighted by molar-refractivity contribution is -0.0167. The lowest BCUT2D eigenvalue weighted by atomic mass is 9.71. The maximum absolute atomic E-state index is 12.2. The normalized spacial score (nSPS) is 24.6. The number of ketones is 1. The van der Waals surface area contributed by atoms with E-state index in [4.69, 9.17) is 9.47 Å². The molecule has 0 radical (unpaired) electrons. The topological polar surface area (TPSA) is 35.5 Å². The number of hydrogen-bond donors (Lipinski definition) is 0. The fourth-order valence-electron chi connectivity index (χ4n) is 3.44. The zero-order valence-electron chi connectivity index (χ0n) is 13.5. The van der Waals surface area contributed by atoms with Crippen molar-refractivity contribution >= 4 is 5.78 Å². The Morgan fingerprint density at radius 1 is 1.24 bits per heavy atom. The molecule has 0 spiro atoms. The molecule has 116 valence electrons. The second-order valence-corrected chi connectivity index (χ2v) is 7.00. The molecule has 2 atom stereocenters. The zero-order chi connectivity index (χ0) is 15.5. The summed E-state index contributed by atoms with van der Waals surface area (Å²) < 4.78 is 11.0. The molecule has 0 saturated heterocycles. The summed E-state index contributed by atoms with van der Waals surface area (Å²) in [6.07, 6.45) is 3.53. The smallest absolute Gasteiger partial charge is 0.188 e. The van der Waals surface area contributed by atoms with Gasteiger partial charge in [-0.2, -0.15) is 0 Å². The largest absolute Gasteiger partial charge is 0.497 e. The maximum Gasteiger partial charge on any atom is 0.188 e. The van der Waals surface area contributed by atoms with Crippen LogP contribution in [0.25, 0.3) is 0 Å². The summed E-state index contributed by atoms with van der Waals surface area (Å²) in [6.45, 7) is 7.00. The molecule has 1 aromatic carbocycles. The molecule has 2 rings (SSSR count). The van der Waals surface area contributed by atoms with Gasteiger partial charge in [-0.25, -0.2) is 0 Å². The minimum atomic E-state index is 0.0358. The summed E-state index contributed by atoms with van der Waals surface area (Å²) in [4.78, 5) is 12.2. The lowest BCUT2D eigenvalue weighted by Gasteiger charge is -2.38. The van der Waals surface area contributed by atoms with Crippen molar-refractivity contribution in [2.24, 2.45) is 11.3 Å². The van der Waals surface area contributed by atoms with Crippen LogP contribution in [-0.4, -0.2) is 25.6 Å². The van der Waals surface area contributed by atoms with Crippen molar-refractivity contribution in [3.63, 3.8) is 0 Å². The van der Waals surface area contributed by atoms with Gasteiger partial charge in [0.25, 0.3) is 0 Å². The van der Waals surface area contributed by atoms with Gasteiger partial charge in [-0.15, -0.1) is 0 Å². The van der Waals surface area contributed by atoms with Gasteiger partial charge in [0.2, 0.25) is 0 Å². The van der Waals surface area contributed by atoms with Crippen molar-refractivity contribution in [1.82, 2.24) is 0 Å². The Morgan fingerprint density at radius 3 is 2.48 bits per heavy atom. The van der Waals surface area contributed by atoms with Gasteiger partial charge >= 0.3 is 0 Å². The van der Waals surface area contributed by atoms with E-state index in [1.807, 2.05) is 0 Å². The van der Waals surface area contributed by atoms with Crippen molar-refractivity contribution in [2.75, 3.05) is 13.7 Å². The second-order valence-electron chi connectivity index (χ2n) is 7.00. The monoisotopic (exact) mass is 290 g/mol. The highest BCUT2D eigenvalue weighted by Crippen LogP contribution is 2.39. The molecule has 1 aliphatic rings. The summed E-state index contributed by atoms with van der Waals surface area (Å²) in [7, 11) is 1.62. The number of carbonyl (C=O) groups excluding carboxylic acids is 1. The van der Waals surface area contributed by atoms with Gasteiger partial charge in [0.05, 0.1) is 13.2 Å². The molecule has 3 nitrogen and oxygen atoms in total. The van der Waals surface area contributed by atoms with Crippen molar-refractivity contribution in [2.45, 2.75) is 46.1 Å². The first-order valence-electron chi connectivity index (χ1n) is 7.68. The highest BCUT2D eigenvalue weighted by atomic mass is 16.5. The van der Waals surface area contributed by atoms with Gasteiger partial charge in [-0.05, 0) is 54.9 Å². The molecule has 3 heteroatoms. The molecule has 0 amide bonds. The van der Waals surface area contributed by atoms with Crippen LogP contribution in [0.4, 0.5) is 0 Å². The Hall–Kier alpha value is -1.35. The molecule has 1 saturated carbocycles. The fraction of sp³-hybridized carbons (Fsp3) is 0.611. The third kappa shape index (κ3) is 4.57. The molecule has 0 bridgehead atoms. The van der Waals surface area contributed by atoms with Gasteiger partial charge < -0.3 is 9.47 Å². The standard InChI is InChI=1S/C18H26O3/c1-13-9-16(11-18(2,3)10-13)21-12-17(19)14-5-7-15(20-4)8-6-14/h5-8,13,16H,9-12H2,1-4H3. The predicted molar refractivity (Wildman–Crippen MR) is 83.9 cm³/mol. The Bertz CT molecular complexity index is 476. The maximum atomic E-state index is 12.2. The van der Waals surface area contributed by atoms with Crippen LogP contribution in [0.1, 0.15) is 50.4 Å². The van der Waals surface area contributed by atoms with Crippen LogP contribution in [0.2, 0.25) is 0 Å². The summed E-state index contributed by atoms with van der Waals surface area (Å²) in [5.41, 5.74) is 0.991. The highest BCUT2D eigenvalue weighted by Gasteiger charge is 2.32. The predicted octanol–water partition coefficient (Wildman–Crippen LogP) is 4.11. The van der Waals surface area contributed by atoms with Crippen molar-refractivity contribution < 1.29 is 14.3 Å². The first-order chi connectivity index (χ1) is 9.89. The molecule has 0 aliphatic heterocycles. The van der Waals surface area contributed by atoms with E-state index in [1.54, 1.807) is 31.4 Å². The van der Waals surface area contributed by atoms with Crippen LogP contribution in [-0.2, 0) is 4.74 Å². The van der Waals surface area contributed by atoms with Gasteiger partial charge in [-0.3, -0.25) is 4.79 Å². The van der Waals surface area contributed by atoms with Crippen LogP contribution in [0.5, 0.6) is 5.75 Å². The second kappa shape index (κ2) is 6.61. The SMILES string of the molecule is COc1ccc(C(=O)COC2CC(C)CC(C)(C)C2)cc1. The first-order valence-corrected chi connectivity index (χ1v) is 7.68. The number of rotatable bonds is 5. The van der Waals surface area contributed by atoms with E-state index < -0.39 is 0 Å². The van der Waals surface area contributed by atoms with Crippen LogP contribution in [0.15, 0.2) is 24.3 Å². The van der Waals surface area contributed by atoms with E-state index in [1.165, 1.54) is 6.42 Å².